The van der Waals surface area contributed by atoms with Crippen LogP contribution >= 0.6 is 0 Å². The Morgan fingerprint density at radius 1 is 1.10 bits per heavy atom. The summed E-state index contributed by atoms with van der Waals surface area (Å²) in [6, 6.07) is 18.9. The van der Waals surface area contributed by atoms with Crippen LogP contribution < -0.4 is 4.90 Å². The Labute approximate surface area is 182 Å². The van der Waals surface area contributed by atoms with E-state index in [0.717, 1.165) is 56.3 Å². The van der Waals surface area contributed by atoms with Crippen molar-refractivity contribution in [1.29, 1.82) is 5.26 Å². The van der Waals surface area contributed by atoms with Crippen molar-refractivity contribution in [3.8, 4) is 6.07 Å². The monoisotopic (exact) mass is 413 g/mol. The quantitative estimate of drug-likeness (QED) is 0.696. The first-order valence-electron chi connectivity index (χ1n) is 10.9. The molecule has 31 heavy (non-hydrogen) atoms. The Bertz CT molecular complexity index is 1070. The fraction of sp³-hybridized carbons (Fsp3) is 0.375. The molecule has 2 aromatic carbocycles. The number of rotatable bonds is 5. The van der Waals surface area contributed by atoms with Crippen molar-refractivity contribution in [3.63, 3.8) is 0 Å². The molecule has 3 heterocycles. The molecule has 5 rings (SSSR count). The van der Waals surface area contributed by atoms with Crippen molar-refractivity contribution in [1.82, 2.24) is 19.8 Å². The van der Waals surface area contributed by atoms with Crippen LogP contribution in [0.15, 0.2) is 53.5 Å². The highest BCUT2D eigenvalue weighted by molar-refractivity contribution is 5.77. The van der Waals surface area contributed by atoms with E-state index in [1.165, 1.54) is 5.56 Å². The largest absolute Gasteiger partial charge is 0.350 e. The first-order chi connectivity index (χ1) is 15.2. The Balaban J connectivity index is 1.19. The summed E-state index contributed by atoms with van der Waals surface area (Å²) in [7, 11) is 0. The number of nitrogens with one attached hydrogen (secondary N) is 1. The minimum absolute atomic E-state index is 0.237. The van der Waals surface area contributed by atoms with Crippen LogP contribution in [0.4, 0.5) is 5.95 Å². The molecule has 1 saturated heterocycles. The summed E-state index contributed by atoms with van der Waals surface area (Å²) in [5, 5.41) is 9.03. The molecule has 0 amide bonds. The zero-order valence-electron chi connectivity index (χ0n) is 17.8. The van der Waals surface area contributed by atoms with E-state index in [1.807, 2.05) is 30.6 Å². The molecule has 1 fully saturated rings. The lowest BCUT2D eigenvalue weighted by atomic mass is 10.0. The lowest BCUT2D eigenvalue weighted by Crippen LogP contribution is -2.51. The number of hydrogen-bond acceptors (Lipinski definition) is 6. The lowest BCUT2D eigenvalue weighted by Gasteiger charge is -2.38. The van der Waals surface area contributed by atoms with Crippen molar-refractivity contribution in [2.45, 2.75) is 19.0 Å². The number of para-hydroxylation sites is 2. The first kappa shape index (κ1) is 19.6. The fourth-order valence-electron chi connectivity index (χ4n) is 4.56. The SMILES string of the molecule is CC(c1ccc(C#N)cc1)N1C=NCC1CN1CCN(c2nc3ccccc3[nH]2)CC1. The van der Waals surface area contributed by atoms with Gasteiger partial charge in [0.2, 0.25) is 5.95 Å². The average Bonchev–Trinajstić information content (AvgIpc) is 3.46. The van der Waals surface area contributed by atoms with E-state index in [0.29, 0.717) is 11.6 Å². The summed E-state index contributed by atoms with van der Waals surface area (Å²) in [5.74, 6) is 0.973. The third kappa shape index (κ3) is 3.99. The molecule has 1 N–H and O–H groups in total. The summed E-state index contributed by atoms with van der Waals surface area (Å²) in [6.45, 7) is 8.04. The van der Waals surface area contributed by atoms with E-state index in [4.69, 9.17) is 10.2 Å². The average molecular weight is 414 g/mol. The van der Waals surface area contributed by atoms with Gasteiger partial charge in [0.25, 0.3) is 0 Å². The van der Waals surface area contributed by atoms with E-state index < -0.39 is 0 Å². The van der Waals surface area contributed by atoms with Gasteiger partial charge in [0.15, 0.2) is 0 Å². The second kappa shape index (κ2) is 8.40. The van der Waals surface area contributed by atoms with Gasteiger partial charge in [-0.05, 0) is 36.8 Å². The number of H-pyrrole nitrogens is 1. The number of nitrogens with zero attached hydrogens (tertiary/aromatic N) is 6. The molecule has 2 atom stereocenters. The van der Waals surface area contributed by atoms with Gasteiger partial charge in [-0.15, -0.1) is 0 Å². The van der Waals surface area contributed by atoms with Crippen LogP contribution in [0.5, 0.6) is 0 Å². The molecule has 2 unspecified atom stereocenters. The molecule has 0 radical (unpaired) electrons. The minimum atomic E-state index is 0.237. The number of hydrogen-bond donors (Lipinski definition) is 1. The smallest absolute Gasteiger partial charge is 0.203 e. The number of anilines is 1. The number of aromatic nitrogens is 2. The van der Waals surface area contributed by atoms with Gasteiger partial charge in [0, 0.05) is 32.7 Å². The van der Waals surface area contributed by atoms with Gasteiger partial charge in [-0.3, -0.25) is 9.89 Å². The van der Waals surface area contributed by atoms with Crippen molar-refractivity contribution in [2.75, 3.05) is 44.2 Å². The zero-order valence-corrected chi connectivity index (χ0v) is 17.8. The minimum Gasteiger partial charge on any atom is -0.350 e. The summed E-state index contributed by atoms with van der Waals surface area (Å²) in [6.07, 6.45) is 2.00. The van der Waals surface area contributed by atoms with Gasteiger partial charge >= 0.3 is 0 Å². The molecule has 3 aromatic rings. The maximum atomic E-state index is 9.03. The molecule has 0 aliphatic carbocycles. The van der Waals surface area contributed by atoms with Crippen LogP contribution in [-0.2, 0) is 0 Å². The maximum absolute atomic E-state index is 9.03. The molecule has 7 nitrogen and oxygen atoms in total. The number of fused-ring (bicyclic) bond motifs is 1. The number of piperazine rings is 1. The standard InChI is InChI=1S/C24H27N7/c1-18(20-8-6-19(14-25)7-9-20)31-17-26-15-21(31)16-29-10-12-30(13-11-29)24-27-22-4-2-3-5-23(22)28-24/h2-9,17-18,21H,10-13,15-16H2,1H3,(H,27,28). The fourth-order valence-corrected chi connectivity index (χ4v) is 4.56. The van der Waals surface area contributed by atoms with E-state index in [9.17, 15) is 0 Å². The van der Waals surface area contributed by atoms with Crippen LogP contribution in [0.3, 0.4) is 0 Å². The summed E-state index contributed by atoms with van der Waals surface area (Å²) >= 11 is 0. The Hall–Kier alpha value is -3.37. The zero-order chi connectivity index (χ0) is 21.2. The third-order valence-corrected chi connectivity index (χ3v) is 6.44. The number of benzene rings is 2. The van der Waals surface area contributed by atoms with Gasteiger partial charge in [0.05, 0.1) is 47.6 Å². The molecular formula is C24H27N7. The highest BCUT2D eigenvalue weighted by Crippen LogP contribution is 2.25. The lowest BCUT2D eigenvalue weighted by molar-refractivity contribution is 0.179. The molecular weight excluding hydrogens is 386 g/mol. The Morgan fingerprint density at radius 3 is 2.61 bits per heavy atom. The Morgan fingerprint density at radius 2 is 1.87 bits per heavy atom. The van der Waals surface area contributed by atoms with Crippen molar-refractivity contribution < 1.29 is 0 Å². The van der Waals surface area contributed by atoms with Crippen LogP contribution in [0.1, 0.15) is 24.1 Å². The molecule has 158 valence electrons. The number of imidazole rings is 1. The van der Waals surface area contributed by atoms with E-state index in [-0.39, 0.29) is 6.04 Å². The molecule has 1 aromatic heterocycles. The second-order valence-electron chi connectivity index (χ2n) is 8.36. The van der Waals surface area contributed by atoms with Crippen molar-refractivity contribution in [2.24, 2.45) is 4.99 Å². The van der Waals surface area contributed by atoms with E-state index in [1.54, 1.807) is 0 Å². The first-order valence-corrected chi connectivity index (χ1v) is 10.9. The summed E-state index contributed by atoms with van der Waals surface area (Å²) in [4.78, 5) is 20.0. The normalized spacial score (nSPS) is 20.3. The third-order valence-electron chi connectivity index (χ3n) is 6.44. The van der Waals surface area contributed by atoms with Crippen LogP contribution in [-0.4, -0.2) is 71.4 Å². The van der Waals surface area contributed by atoms with Crippen molar-refractivity contribution in [3.05, 3.63) is 59.7 Å². The number of aromatic amines is 1. The van der Waals surface area contributed by atoms with E-state index in [2.05, 4.69) is 61.9 Å². The number of aliphatic imine (C=N–C) groups is 1. The molecule has 0 bridgehead atoms. The van der Waals surface area contributed by atoms with Gasteiger partial charge in [-0.2, -0.15) is 5.26 Å². The van der Waals surface area contributed by atoms with Crippen LogP contribution in [0, 0.1) is 11.3 Å². The topological polar surface area (TPSA) is 74.6 Å². The molecule has 0 spiro atoms. The highest BCUT2D eigenvalue weighted by Gasteiger charge is 2.29. The van der Waals surface area contributed by atoms with Crippen molar-refractivity contribution >= 4 is 23.3 Å². The Kier molecular flexibility index (Phi) is 5.31. The molecule has 7 heteroatoms. The van der Waals surface area contributed by atoms with E-state index >= 15 is 0 Å². The number of nitriles is 1. The van der Waals surface area contributed by atoms with Crippen LogP contribution in [0.2, 0.25) is 0 Å². The summed E-state index contributed by atoms with van der Waals surface area (Å²) in [5.41, 5.74) is 4.03. The predicted molar refractivity (Wildman–Crippen MR) is 123 cm³/mol. The molecule has 2 aliphatic heterocycles. The van der Waals surface area contributed by atoms with Gasteiger partial charge in [-0.25, -0.2) is 4.98 Å². The maximum Gasteiger partial charge on any atom is 0.203 e. The van der Waals surface area contributed by atoms with Crippen LogP contribution in [0.25, 0.3) is 11.0 Å². The van der Waals surface area contributed by atoms with Gasteiger partial charge < -0.3 is 14.8 Å². The van der Waals surface area contributed by atoms with Gasteiger partial charge in [0.1, 0.15) is 0 Å². The highest BCUT2D eigenvalue weighted by atomic mass is 15.3. The second-order valence-corrected chi connectivity index (χ2v) is 8.36. The van der Waals surface area contributed by atoms with Gasteiger partial charge in [-0.1, -0.05) is 24.3 Å². The molecule has 0 saturated carbocycles. The predicted octanol–water partition coefficient (Wildman–Crippen LogP) is 3.03. The summed E-state index contributed by atoms with van der Waals surface area (Å²) < 4.78 is 0. The molecule has 2 aliphatic rings.